The number of piperidine rings is 1. The zero-order chi connectivity index (χ0) is 24.9. The van der Waals surface area contributed by atoms with E-state index in [2.05, 4.69) is 20.3 Å². The van der Waals surface area contributed by atoms with Crippen molar-refractivity contribution in [3.63, 3.8) is 0 Å². The van der Waals surface area contributed by atoms with Crippen LogP contribution in [0.25, 0.3) is 5.52 Å². The van der Waals surface area contributed by atoms with Gasteiger partial charge in [-0.05, 0) is 49.1 Å². The third kappa shape index (κ3) is 4.14. The van der Waals surface area contributed by atoms with Crippen molar-refractivity contribution in [1.82, 2.24) is 29.6 Å². The Morgan fingerprint density at radius 3 is 2.86 bits per heavy atom. The summed E-state index contributed by atoms with van der Waals surface area (Å²) in [4.78, 5) is 40.1. The molecule has 0 bridgehead atoms. The second kappa shape index (κ2) is 8.76. The standard InChI is InChI=1S/C26H26ClN7O2/c27-17-4-1-3-16(11-17)18-6-10-33(25(36)19-5-2-9-34-15-29-12-21(19)34)14-20(18)31-24(35)23-30-13-22(32-23)26(28)7-8-26/h1-5,9,11-13,15,18,20H,6-8,10,14,28H2,(H,30,32)(H,31,35)/t18-,20+/m0/s1. The molecule has 1 aromatic carbocycles. The molecular weight excluding hydrogens is 478 g/mol. The Bertz CT molecular complexity index is 1460. The quantitative estimate of drug-likeness (QED) is 0.386. The molecule has 4 aromatic rings. The first-order chi connectivity index (χ1) is 17.4. The van der Waals surface area contributed by atoms with E-state index in [1.807, 2.05) is 40.9 Å². The van der Waals surface area contributed by atoms with E-state index >= 15 is 0 Å². The number of likely N-dealkylation sites (tertiary alicyclic amines) is 1. The summed E-state index contributed by atoms with van der Waals surface area (Å²) in [5, 5.41) is 3.76. The maximum absolute atomic E-state index is 13.5. The number of H-pyrrole nitrogens is 1. The number of pyridine rings is 1. The number of aromatic nitrogens is 4. The highest BCUT2D eigenvalue weighted by Gasteiger charge is 2.42. The number of nitrogens with one attached hydrogen (secondary N) is 2. The molecule has 4 heterocycles. The maximum atomic E-state index is 13.5. The fourth-order valence-corrected chi connectivity index (χ4v) is 5.25. The van der Waals surface area contributed by atoms with Gasteiger partial charge in [0.15, 0.2) is 5.82 Å². The van der Waals surface area contributed by atoms with Crippen molar-refractivity contribution in [3.8, 4) is 0 Å². The van der Waals surface area contributed by atoms with Crippen LogP contribution in [0.2, 0.25) is 5.02 Å². The normalized spacial score (nSPS) is 20.9. The van der Waals surface area contributed by atoms with E-state index in [1.54, 1.807) is 29.7 Å². The summed E-state index contributed by atoms with van der Waals surface area (Å²) in [5.74, 6) is -0.209. The first-order valence-electron chi connectivity index (χ1n) is 12.0. The van der Waals surface area contributed by atoms with Crippen LogP contribution in [-0.2, 0) is 5.54 Å². The third-order valence-corrected chi connectivity index (χ3v) is 7.53. The summed E-state index contributed by atoms with van der Waals surface area (Å²) >= 11 is 6.28. The average molecular weight is 504 g/mol. The molecular formula is C26H26ClN7O2. The molecule has 2 amide bonds. The molecule has 0 spiro atoms. The Balaban J connectivity index is 1.27. The number of nitrogens with zero attached hydrogens (tertiary/aromatic N) is 4. The van der Waals surface area contributed by atoms with Gasteiger partial charge in [-0.2, -0.15) is 0 Å². The van der Waals surface area contributed by atoms with E-state index in [9.17, 15) is 9.59 Å². The fraction of sp³-hybridized carbons (Fsp3) is 0.308. The second-order valence-electron chi connectivity index (χ2n) is 9.69. The lowest BCUT2D eigenvalue weighted by molar-refractivity contribution is 0.0655. The van der Waals surface area contributed by atoms with E-state index in [1.165, 1.54) is 0 Å². The minimum atomic E-state index is -0.405. The van der Waals surface area contributed by atoms with Crippen molar-refractivity contribution in [2.75, 3.05) is 13.1 Å². The molecule has 1 aliphatic heterocycles. The average Bonchev–Trinajstić information content (AvgIpc) is 3.28. The van der Waals surface area contributed by atoms with E-state index < -0.39 is 5.54 Å². The van der Waals surface area contributed by atoms with Gasteiger partial charge >= 0.3 is 0 Å². The monoisotopic (exact) mass is 503 g/mol. The summed E-state index contributed by atoms with van der Waals surface area (Å²) < 4.78 is 1.82. The molecule has 1 saturated carbocycles. The number of benzene rings is 1. The van der Waals surface area contributed by atoms with E-state index in [0.29, 0.717) is 30.1 Å². The van der Waals surface area contributed by atoms with Crippen LogP contribution in [0, 0.1) is 0 Å². The van der Waals surface area contributed by atoms with Crippen LogP contribution in [0.4, 0.5) is 0 Å². The number of hydrogen-bond donors (Lipinski definition) is 3. The van der Waals surface area contributed by atoms with Crippen LogP contribution in [0.15, 0.2) is 61.3 Å². The minimum Gasteiger partial charge on any atom is -0.344 e. The van der Waals surface area contributed by atoms with Crippen molar-refractivity contribution in [3.05, 3.63) is 89.0 Å². The first-order valence-corrected chi connectivity index (χ1v) is 12.4. The highest BCUT2D eigenvalue weighted by Crippen LogP contribution is 2.41. The molecule has 9 nitrogen and oxygen atoms in total. The van der Waals surface area contributed by atoms with Crippen LogP contribution in [0.5, 0.6) is 0 Å². The van der Waals surface area contributed by atoms with Gasteiger partial charge in [-0.1, -0.05) is 23.7 Å². The number of fused-ring (bicyclic) bond motifs is 1. The summed E-state index contributed by atoms with van der Waals surface area (Å²) in [6.45, 7) is 0.906. The Kier molecular flexibility index (Phi) is 5.54. The van der Waals surface area contributed by atoms with Crippen LogP contribution in [-0.4, -0.2) is 55.2 Å². The fourth-order valence-electron chi connectivity index (χ4n) is 5.05. The zero-order valence-corrected chi connectivity index (χ0v) is 20.3. The van der Waals surface area contributed by atoms with Gasteiger partial charge in [0.05, 0.1) is 47.1 Å². The van der Waals surface area contributed by atoms with Gasteiger partial charge < -0.3 is 25.3 Å². The molecule has 0 radical (unpaired) electrons. The maximum Gasteiger partial charge on any atom is 0.287 e. The Morgan fingerprint density at radius 1 is 1.19 bits per heavy atom. The van der Waals surface area contributed by atoms with Crippen molar-refractivity contribution in [2.45, 2.75) is 36.8 Å². The highest BCUT2D eigenvalue weighted by atomic mass is 35.5. The van der Waals surface area contributed by atoms with E-state index in [4.69, 9.17) is 17.3 Å². The van der Waals surface area contributed by atoms with Gasteiger partial charge in [0, 0.05) is 30.2 Å². The van der Waals surface area contributed by atoms with Crippen LogP contribution < -0.4 is 11.1 Å². The molecule has 2 aliphatic rings. The second-order valence-corrected chi connectivity index (χ2v) is 10.1. The number of aromatic amines is 1. The number of nitrogens with two attached hydrogens (primary N) is 1. The molecule has 10 heteroatoms. The highest BCUT2D eigenvalue weighted by molar-refractivity contribution is 6.30. The molecule has 6 rings (SSSR count). The molecule has 0 unspecified atom stereocenters. The largest absolute Gasteiger partial charge is 0.344 e. The number of imidazole rings is 2. The van der Waals surface area contributed by atoms with Crippen molar-refractivity contribution in [1.29, 1.82) is 0 Å². The Hall–Kier alpha value is -3.69. The van der Waals surface area contributed by atoms with Crippen LogP contribution in [0.1, 0.15) is 57.4 Å². The number of rotatable bonds is 5. The first kappa shape index (κ1) is 22.8. The van der Waals surface area contributed by atoms with Gasteiger partial charge in [-0.15, -0.1) is 0 Å². The number of hydrogen-bond acceptors (Lipinski definition) is 5. The lowest BCUT2D eigenvalue weighted by Crippen LogP contribution is -2.53. The zero-order valence-electron chi connectivity index (χ0n) is 19.5. The number of halogens is 1. The van der Waals surface area contributed by atoms with Crippen molar-refractivity contribution in [2.24, 2.45) is 5.73 Å². The van der Waals surface area contributed by atoms with Gasteiger partial charge in [-0.3, -0.25) is 9.59 Å². The van der Waals surface area contributed by atoms with Gasteiger partial charge in [-0.25, -0.2) is 9.97 Å². The molecule has 2 atom stereocenters. The molecule has 4 N–H and O–H groups in total. The molecule has 1 aliphatic carbocycles. The van der Waals surface area contributed by atoms with Crippen LogP contribution >= 0.6 is 11.6 Å². The molecule has 1 saturated heterocycles. The lowest BCUT2D eigenvalue weighted by atomic mass is 9.85. The van der Waals surface area contributed by atoms with Crippen LogP contribution in [0.3, 0.4) is 0 Å². The van der Waals surface area contributed by atoms with E-state index in [0.717, 1.165) is 29.6 Å². The Labute approximate surface area is 212 Å². The predicted octanol–water partition coefficient (Wildman–Crippen LogP) is 3.09. The lowest BCUT2D eigenvalue weighted by Gasteiger charge is -2.39. The molecule has 36 heavy (non-hydrogen) atoms. The topological polar surface area (TPSA) is 121 Å². The predicted molar refractivity (Wildman–Crippen MR) is 135 cm³/mol. The smallest absolute Gasteiger partial charge is 0.287 e. The van der Waals surface area contributed by atoms with E-state index in [-0.39, 0.29) is 29.6 Å². The minimum absolute atomic E-state index is 0.0128. The third-order valence-electron chi connectivity index (χ3n) is 7.29. The summed E-state index contributed by atoms with van der Waals surface area (Å²) in [6.07, 6.45) is 9.27. The molecule has 2 fully saturated rings. The Morgan fingerprint density at radius 2 is 2.06 bits per heavy atom. The van der Waals surface area contributed by atoms with Gasteiger partial charge in [0.1, 0.15) is 0 Å². The summed E-state index contributed by atoms with van der Waals surface area (Å²) in [5.41, 5.74) is 8.97. The SMILES string of the molecule is NC1(c2cnc(C(=O)N[C@@H]3CN(C(=O)c4cccn5cncc45)CC[C@H]3c3cccc(Cl)c3)[nH]2)CC1. The number of carbonyl (C=O) groups excluding carboxylic acids is 2. The number of amides is 2. The summed E-state index contributed by atoms with van der Waals surface area (Å²) in [6, 6.07) is 11.0. The van der Waals surface area contributed by atoms with Crippen molar-refractivity contribution < 1.29 is 9.59 Å². The number of carbonyl (C=O) groups is 2. The van der Waals surface area contributed by atoms with Gasteiger partial charge in [0.25, 0.3) is 11.8 Å². The molecule has 3 aromatic heterocycles. The summed E-state index contributed by atoms with van der Waals surface area (Å²) in [7, 11) is 0. The van der Waals surface area contributed by atoms with Gasteiger partial charge in [0.2, 0.25) is 0 Å². The van der Waals surface area contributed by atoms with Crippen molar-refractivity contribution >= 4 is 28.9 Å². The molecule has 184 valence electrons.